The second kappa shape index (κ2) is 3.59. The lowest BCUT2D eigenvalue weighted by Gasteiger charge is -1.99. The predicted octanol–water partition coefficient (Wildman–Crippen LogP) is 1.91. The topological polar surface area (TPSA) is 56.0 Å². The van der Waals surface area contributed by atoms with Crippen LogP contribution in [0.5, 0.6) is 0 Å². The highest BCUT2D eigenvalue weighted by Crippen LogP contribution is 2.27. The van der Waals surface area contributed by atoms with Crippen molar-refractivity contribution in [1.29, 1.82) is 0 Å². The third kappa shape index (κ3) is 1.52. The largest absolute Gasteiger partial charge is 0.365 e. The first-order valence-electron chi connectivity index (χ1n) is 4.07. The summed E-state index contributed by atoms with van der Waals surface area (Å²) in [5, 5.41) is 1.86. The fraction of sp³-hybridized carbons (Fsp3) is 0. The lowest BCUT2D eigenvalue weighted by Crippen LogP contribution is -2.09. The number of aromatic nitrogens is 1. The Balaban J connectivity index is 2.52. The molecular weight excluding hydrogens is 196 g/mol. The fourth-order valence-corrected chi connectivity index (χ4v) is 2.03. The summed E-state index contributed by atoms with van der Waals surface area (Å²) in [6, 6.07) is 5.60. The van der Waals surface area contributed by atoms with Gasteiger partial charge < -0.3 is 5.73 Å². The van der Waals surface area contributed by atoms with E-state index in [4.69, 9.17) is 5.73 Å². The SMILES string of the molecule is NC(=O)c1sccc1-c1ccncc1. The van der Waals surface area contributed by atoms with Crippen molar-refractivity contribution >= 4 is 17.2 Å². The summed E-state index contributed by atoms with van der Waals surface area (Å²) in [6.07, 6.45) is 3.38. The average molecular weight is 204 g/mol. The third-order valence-corrected chi connectivity index (χ3v) is 2.81. The summed E-state index contributed by atoms with van der Waals surface area (Å²) in [7, 11) is 0. The van der Waals surface area contributed by atoms with Crippen molar-refractivity contribution in [2.24, 2.45) is 5.73 Å². The molecule has 0 atom stereocenters. The first-order valence-corrected chi connectivity index (χ1v) is 4.94. The third-order valence-electron chi connectivity index (χ3n) is 1.88. The van der Waals surface area contributed by atoms with Gasteiger partial charge in [0.15, 0.2) is 0 Å². The Hall–Kier alpha value is -1.68. The van der Waals surface area contributed by atoms with Gasteiger partial charge in [0, 0.05) is 18.0 Å². The first-order chi connectivity index (χ1) is 6.79. The van der Waals surface area contributed by atoms with Gasteiger partial charge in [-0.3, -0.25) is 9.78 Å². The molecule has 14 heavy (non-hydrogen) atoms. The highest BCUT2D eigenvalue weighted by Gasteiger charge is 2.10. The van der Waals surface area contributed by atoms with Crippen LogP contribution >= 0.6 is 11.3 Å². The number of amides is 1. The second-order valence-electron chi connectivity index (χ2n) is 2.76. The van der Waals surface area contributed by atoms with E-state index in [9.17, 15) is 4.79 Å². The number of rotatable bonds is 2. The van der Waals surface area contributed by atoms with Gasteiger partial charge in [-0.25, -0.2) is 0 Å². The zero-order chi connectivity index (χ0) is 9.97. The number of hydrogen-bond donors (Lipinski definition) is 1. The van der Waals surface area contributed by atoms with Crippen LogP contribution in [0.4, 0.5) is 0 Å². The molecular formula is C10H8N2OS. The van der Waals surface area contributed by atoms with E-state index in [-0.39, 0.29) is 5.91 Å². The standard InChI is InChI=1S/C10H8N2OS/c11-10(13)9-8(3-6-14-9)7-1-4-12-5-2-7/h1-6H,(H2,11,13). The molecule has 0 saturated carbocycles. The van der Waals surface area contributed by atoms with Crippen molar-refractivity contribution < 1.29 is 4.79 Å². The molecule has 1 amide bonds. The van der Waals surface area contributed by atoms with Crippen LogP contribution < -0.4 is 5.73 Å². The maximum Gasteiger partial charge on any atom is 0.259 e. The minimum absolute atomic E-state index is 0.383. The van der Waals surface area contributed by atoms with E-state index in [0.29, 0.717) is 4.88 Å². The summed E-state index contributed by atoms with van der Waals surface area (Å²) in [4.78, 5) is 15.6. The van der Waals surface area contributed by atoms with Gasteiger partial charge in [-0.1, -0.05) is 0 Å². The summed E-state index contributed by atoms with van der Waals surface area (Å²) < 4.78 is 0. The molecule has 0 aliphatic carbocycles. The Kier molecular flexibility index (Phi) is 2.28. The molecule has 0 aromatic carbocycles. The molecule has 3 nitrogen and oxygen atoms in total. The highest BCUT2D eigenvalue weighted by molar-refractivity contribution is 7.12. The normalized spacial score (nSPS) is 10.0. The Bertz CT molecular complexity index is 450. The van der Waals surface area contributed by atoms with Crippen LogP contribution in [0.25, 0.3) is 11.1 Å². The van der Waals surface area contributed by atoms with Crippen LogP contribution in [0.1, 0.15) is 9.67 Å². The van der Waals surface area contributed by atoms with E-state index in [1.54, 1.807) is 12.4 Å². The number of primary amides is 1. The molecule has 70 valence electrons. The Morgan fingerprint density at radius 1 is 1.29 bits per heavy atom. The molecule has 2 aromatic rings. The van der Waals surface area contributed by atoms with Gasteiger partial charge in [-0.15, -0.1) is 11.3 Å². The van der Waals surface area contributed by atoms with Crippen molar-refractivity contribution in [3.05, 3.63) is 40.8 Å². The Morgan fingerprint density at radius 3 is 2.64 bits per heavy atom. The van der Waals surface area contributed by atoms with Crippen molar-refractivity contribution in [2.45, 2.75) is 0 Å². The number of pyridine rings is 1. The molecule has 0 bridgehead atoms. The smallest absolute Gasteiger partial charge is 0.259 e. The monoisotopic (exact) mass is 204 g/mol. The summed E-state index contributed by atoms with van der Waals surface area (Å²) in [5.41, 5.74) is 7.10. The predicted molar refractivity (Wildman–Crippen MR) is 56.1 cm³/mol. The number of thiophene rings is 1. The molecule has 2 rings (SSSR count). The molecule has 0 radical (unpaired) electrons. The van der Waals surface area contributed by atoms with Crippen molar-refractivity contribution in [3.63, 3.8) is 0 Å². The second-order valence-corrected chi connectivity index (χ2v) is 3.68. The Morgan fingerprint density at radius 2 is 2.00 bits per heavy atom. The van der Waals surface area contributed by atoms with E-state index >= 15 is 0 Å². The van der Waals surface area contributed by atoms with Crippen molar-refractivity contribution in [2.75, 3.05) is 0 Å². The Labute approximate surface area is 85.2 Å². The van der Waals surface area contributed by atoms with Gasteiger partial charge in [0.05, 0.1) is 4.88 Å². The zero-order valence-corrected chi connectivity index (χ0v) is 8.12. The van der Waals surface area contributed by atoms with Crippen LogP contribution in [0.2, 0.25) is 0 Å². The fourth-order valence-electron chi connectivity index (χ4n) is 1.26. The molecule has 2 heterocycles. The van der Waals surface area contributed by atoms with Crippen LogP contribution in [0, 0.1) is 0 Å². The minimum Gasteiger partial charge on any atom is -0.365 e. The molecule has 2 N–H and O–H groups in total. The summed E-state index contributed by atoms with van der Waals surface area (Å²) in [6.45, 7) is 0. The quantitative estimate of drug-likeness (QED) is 0.812. The maximum absolute atomic E-state index is 11.1. The van der Waals surface area contributed by atoms with Gasteiger partial charge in [-0.2, -0.15) is 0 Å². The van der Waals surface area contributed by atoms with Gasteiger partial charge in [-0.05, 0) is 29.1 Å². The number of nitrogens with two attached hydrogens (primary N) is 1. The first kappa shape index (κ1) is 8.90. The number of hydrogen-bond acceptors (Lipinski definition) is 3. The van der Waals surface area contributed by atoms with E-state index in [1.165, 1.54) is 11.3 Å². The highest BCUT2D eigenvalue weighted by atomic mass is 32.1. The molecule has 4 heteroatoms. The number of carbonyl (C=O) groups is 1. The number of carbonyl (C=O) groups excluding carboxylic acids is 1. The molecule has 0 spiro atoms. The van der Waals surface area contributed by atoms with Crippen LogP contribution in [0.15, 0.2) is 36.0 Å². The number of nitrogens with zero attached hydrogens (tertiary/aromatic N) is 1. The van der Waals surface area contributed by atoms with Crippen LogP contribution in [-0.4, -0.2) is 10.9 Å². The maximum atomic E-state index is 11.1. The van der Waals surface area contributed by atoms with Crippen LogP contribution in [0.3, 0.4) is 0 Å². The van der Waals surface area contributed by atoms with Gasteiger partial charge in [0.25, 0.3) is 5.91 Å². The minimum atomic E-state index is -0.383. The van der Waals surface area contributed by atoms with Gasteiger partial charge in [0.2, 0.25) is 0 Å². The van der Waals surface area contributed by atoms with E-state index in [2.05, 4.69) is 4.98 Å². The van der Waals surface area contributed by atoms with Crippen molar-refractivity contribution in [1.82, 2.24) is 4.98 Å². The van der Waals surface area contributed by atoms with Crippen LogP contribution in [-0.2, 0) is 0 Å². The summed E-state index contributed by atoms with van der Waals surface area (Å²) in [5.74, 6) is -0.383. The molecule has 0 aliphatic rings. The van der Waals surface area contributed by atoms with E-state index in [1.807, 2.05) is 23.6 Å². The lowest BCUT2D eigenvalue weighted by atomic mass is 10.1. The van der Waals surface area contributed by atoms with Gasteiger partial charge >= 0.3 is 0 Å². The molecule has 2 aromatic heterocycles. The van der Waals surface area contributed by atoms with E-state index in [0.717, 1.165) is 11.1 Å². The molecule has 0 fully saturated rings. The average Bonchev–Trinajstić information content (AvgIpc) is 2.67. The summed E-state index contributed by atoms with van der Waals surface area (Å²) >= 11 is 1.36. The molecule has 0 unspecified atom stereocenters. The van der Waals surface area contributed by atoms with Gasteiger partial charge in [0.1, 0.15) is 0 Å². The lowest BCUT2D eigenvalue weighted by molar-refractivity contribution is 0.100. The van der Waals surface area contributed by atoms with E-state index < -0.39 is 0 Å². The molecule has 0 saturated heterocycles. The zero-order valence-electron chi connectivity index (χ0n) is 7.31. The van der Waals surface area contributed by atoms with Crippen molar-refractivity contribution in [3.8, 4) is 11.1 Å². The molecule has 0 aliphatic heterocycles.